The molecule has 5 aromatic carbocycles. The normalized spacial score (nSPS) is 16.3. The van der Waals surface area contributed by atoms with Crippen molar-refractivity contribution in [3.8, 4) is 11.5 Å². The van der Waals surface area contributed by atoms with Crippen LogP contribution < -0.4 is 15.0 Å². The number of fused-ring (bicyclic) bond motifs is 6. The Morgan fingerprint density at radius 1 is 0.780 bits per heavy atom. The summed E-state index contributed by atoms with van der Waals surface area (Å²) in [5.41, 5.74) is 6.67. The molecule has 202 valence electrons. The summed E-state index contributed by atoms with van der Waals surface area (Å²) >= 11 is 6.16. The molecule has 0 amide bonds. The summed E-state index contributed by atoms with van der Waals surface area (Å²) < 4.78 is 13.0. The lowest BCUT2D eigenvalue weighted by Crippen LogP contribution is -2.33. The number of rotatable bonds is 5. The number of hydrogen-bond acceptors (Lipinski definition) is 5. The number of nitrogens with zero attached hydrogens (tertiary/aromatic N) is 1. The average Bonchev–Trinajstić information content (AvgIpc) is 3.28. The van der Waals surface area contributed by atoms with Gasteiger partial charge in [0.2, 0.25) is 0 Å². The number of ether oxygens (including phenoxy) is 2. The molecule has 0 saturated heterocycles. The molecule has 0 aromatic heterocycles. The monoisotopic (exact) mass is 558 g/mol. The van der Waals surface area contributed by atoms with Gasteiger partial charge in [-0.15, -0.1) is 0 Å². The van der Waals surface area contributed by atoms with Crippen LogP contribution in [0.15, 0.2) is 109 Å². The van der Waals surface area contributed by atoms with E-state index in [1.54, 1.807) is 0 Å². The van der Waals surface area contributed by atoms with Gasteiger partial charge >= 0.3 is 5.97 Å². The molecule has 0 bridgehead atoms. The molecule has 7 rings (SSSR count). The second kappa shape index (κ2) is 9.72. The maximum Gasteiger partial charge on any atom is 0.340 e. The van der Waals surface area contributed by atoms with Gasteiger partial charge in [-0.25, -0.2) is 4.79 Å². The maximum atomic E-state index is 13.3. The Morgan fingerprint density at radius 2 is 1.49 bits per heavy atom. The molecule has 2 aliphatic heterocycles. The molecular weight excluding hydrogens is 532 g/mol. The number of carbonyl (C=O) groups is 1. The van der Waals surface area contributed by atoms with Crippen molar-refractivity contribution in [2.45, 2.75) is 19.4 Å². The van der Waals surface area contributed by atoms with E-state index in [1.807, 2.05) is 104 Å². The number of hydrogen-bond donors (Lipinski definition) is 1. The molecule has 5 nitrogen and oxygen atoms in total. The first-order valence-corrected chi connectivity index (χ1v) is 14.0. The van der Waals surface area contributed by atoms with E-state index in [-0.39, 0.29) is 5.97 Å². The van der Waals surface area contributed by atoms with Gasteiger partial charge in [-0.1, -0.05) is 48.0 Å². The van der Waals surface area contributed by atoms with Crippen molar-refractivity contribution in [2.75, 3.05) is 16.8 Å². The lowest BCUT2D eigenvalue weighted by Gasteiger charge is -2.38. The molecular formula is C35H27ClN2O3. The van der Waals surface area contributed by atoms with Crippen molar-refractivity contribution in [2.24, 2.45) is 0 Å². The molecule has 0 fully saturated rings. The molecule has 6 heteroatoms. The molecule has 0 aliphatic carbocycles. The number of aryl methyl sites for hydroxylation is 1. The van der Waals surface area contributed by atoms with Crippen molar-refractivity contribution in [1.29, 1.82) is 0 Å². The number of nitrogens with one attached hydrogen (secondary N) is 1. The van der Waals surface area contributed by atoms with Crippen LogP contribution in [0.1, 0.15) is 39.5 Å². The fraction of sp³-hybridized carbons (Fsp3) is 0.114. The predicted molar refractivity (Wildman–Crippen MR) is 163 cm³/mol. The van der Waals surface area contributed by atoms with E-state index in [0.717, 1.165) is 51.5 Å². The third-order valence-electron chi connectivity index (χ3n) is 7.86. The summed E-state index contributed by atoms with van der Waals surface area (Å²) in [4.78, 5) is 15.5. The van der Waals surface area contributed by atoms with Crippen LogP contribution in [0.2, 0.25) is 5.02 Å². The Balaban J connectivity index is 1.41. The molecule has 2 heterocycles. The number of esters is 1. The highest BCUT2D eigenvalue weighted by Crippen LogP contribution is 2.57. The van der Waals surface area contributed by atoms with E-state index in [1.165, 1.54) is 0 Å². The zero-order chi connectivity index (χ0) is 28.1. The predicted octanol–water partition coefficient (Wildman–Crippen LogP) is 9.12. The Bertz CT molecular complexity index is 1800. The topological polar surface area (TPSA) is 50.8 Å². The van der Waals surface area contributed by atoms with Crippen molar-refractivity contribution in [1.82, 2.24) is 0 Å². The Labute approximate surface area is 243 Å². The molecule has 41 heavy (non-hydrogen) atoms. The fourth-order valence-electron chi connectivity index (χ4n) is 5.92. The summed E-state index contributed by atoms with van der Waals surface area (Å²) in [5.74, 6) is 0.956. The van der Waals surface area contributed by atoms with Crippen LogP contribution in [0.3, 0.4) is 0 Å². The van der Waals surface area contributed by atoms with Crippen LogP contribution >= 0.6 is 11.6 Å². The van der Waals surface area contributed by atoms with Gasteiger partial charge in [0.1, 0.15) is 11.5 Å². The third-order valence-corrected chi connectivity index (χ3v) is 8.11. The number of anilines is 4. The van der Waals surface area contributed by atoms with Gasteiger partial charge in [0.15, 0.2) is 5.60 Å². The smallest absolute Gasteiger partial charge is 0.340 e. The Morgan fingerprint density at radius 3 is 2.27 bits per heavy atom. The van der Waals surface area contributed by atoms with Gasteiger partial charge < -0.3 is 19.7 Å². The van der Waals surface area contributed by atoms with Gasteiger partial charge in [0, 0.05) is 57.1 Å². The van der Waals surface area contributed by atoms with Gasteiger partial charge in [0.25, 0.3) is 0 Å². The molecule has 5 aromatic rings. The first-order valence-electron chi connectivity index (χ1n) is 13.6. The number of halogens is 1. The second-order valence-corrected chi connectivity index (χ2v) is 10.7. The first-order chi connectivity index (χ1) is 20.0. The lowest BCUT2D eigenvalue weighted by molar-refractivity contribution is 0.0224. The highest BCUT2D eigenvalue weighted by molar-refractivity contribution is 6.30. The van der Waals surface area contributed by atoms with Gasteiger partial charge in [-0.05, 0) is 86.1 Å². The zero-order valence-electron chi connectivity index (χ0n) is 22.6. The lowest BCUT2D eigenvalue weighted by atomic mass is 9.77. The minimum Gasteiger partial charge on any atom is -0.456 e. The average molecular weight is 559 g/mol. The quantitative estimate of drug-likeness (QED) is 0.218. The zero-order valence-corrected chi connectivity index (χ0v) is 23.4. The van der Waals surface area contributed by atoms with Gasteiger partial charge in [-0.2, -0.15) is 0 Å². The summed E-state index contributed by atoms with van der Waals surface area (Å²) in [5, 5.41) is 4.22. The first kappa shape index (κ1) is 25.2. The molecule has 1 unspecified atom stereocenters. The van der Waals surface area contributed by atoms with Crippen molar-refractivity contribution in [3.05, 3.63) is 142 Å². The van der Waals surface area contributed by atoms with E-state index in [2.05, 4.69) is 29.3 Å². The van der Waals surface area contributed by atoms with E-state index < -0.39 is 5.60 Å². The SMILES string of the molecule is CCN(c1ccc(Cl)cc1)c1ccc2c(c1)Oc1cc(C)c(Nc3ccccc3)cc1C21OC(=O)c2ccccc21. The highest BCUT2D eigenvalue weighted by Gasteiger charge is 2.53. The molecule has 1 atom stereocenters. The van der Waals surface area contributed by atoms with Crippen LogP contribution in [0.25, 0.3) is 0 Å². The van der Waals surface area contributed by atoms with Gasteiger partial charge in [0.05, 0.1) is 5.56 Å². The Kier molecular flexibility index (Phi) is 5.98. The minimum absolute atomic E-state index is 0.349. The fourth-order valence-corrected chi connectivity index (χ4v) is 6.05. The van der Waals surface area contributed by atoms with Crippen LogP contribution in [0, 0.1) is 6.92 Å². The van der Waals surface area contributed by atoms with E-state index >= 15 is 0 Å². The van der Waals surface area contributed by atoms with Crippen LogP contribution in [-0.4, -0.2) is 12.5 Å². The van der Waals surface area contributed by atoms with Gasteiger partial charge in [-0.3, -0.25) is 0 Å². The van der Waals surface area contributed by atoms with Crippen molar-refractivity contribution < 1.29 is 14.3 Å². The second-order valence-electron chi connectivity index (χ2n) is 10.3. The maximum absolute atomic E-state index is 13.3. The highest BCUT2D eigenvalue weighted by atomic mass is 35.5. The molecule has 2 aliphatic rings. The summed E-state index contributed by atoms with van der Waals surface area (Å²) in [6.45, 7) is 4.89. The number of carbonyl (C=O) groups excluding carboxylic acids is 1. The van der Waals surface area contributed by atoms with Crippen molar-refractivity contribution in [3.63, 3.8) is 0 Å². The molecule has 1 N–H and O–H groups in total. The van der Waals surface area contributed by atoms with E-state index in [0.29, 0.717) is 22.1 Å². The number of benzene rings is 5. The summed E-state index contributed by atoms with van der Waals surface area (Å²) in [6, 6.07) is 35.6. The van der Waals surface area contributed by atoms with Crippen LogP contribution in [0.4, 0.5) is 22.7 Å². The standard InChI is InChI=1S/C35H27ClN2O3/c1-3-38(25-15-13-23(36)14-16-25)26-17-18-29-33(20-26)40-32-19-22(2)31(37-24-9-5-4-6-10-24)21-30(32)35(29)28-12-8-7-11-27(28)34(39)41-35/h4-21,37H,3H2,1-2H3. The summed E-state index contributed by atoms with van der Waals surface area (Å²) in [6.07, 6.45) is 0. The summed E-state index contributed by atoms with van der Waals surface area (Å²) in [7, 11) is 0. The van der Waals surface area contributed by atoms with Crippen LogP contribution in [-0.2, 0) is 10.3 Å². The molecule has 1 spiro atoms. The molecule has 0 radical (unpaired) electrons. The Hall–Kier alpha value is -4.74. The van der Waals surface area contributed by atoms with Crippen LogP contribution in [0.5, 0.6) is 11.5 Å². The van der Waals surface area contributed by atoms with E-state index in [4.69, 9.17) is 21.1 Å². The van der Waals surface area contributed by atoms with E-state index in [9.17, 15) is 4.79 Å². The molecule has 0 saturated carbocycles. The van der Waals surface area contributed by atoms with Crippen molar-refractivity contribution >= 4 is 40.3 Å². The number of para-hydroxylation sites is 1. The largest absolute Gasteiger partial charge is 0.456 e. The minimum atomic E-state index is -1.15. The third kappa shape index (κ3) is 4.04.